The molecule has 0 radical (unpaired) electrons. The number of rotatable bonds is 21. The van der Waals surface area contributed by atoms with Crippen LogP contribution in [0, 0.1) is 23.7 Å². The highest BCUT2D eigenvalue weighted by Crippen LogP contribution is 2.10. The largest absolute Gasteiger partial charge is 0.347 e. The topological polar surface area (TPSA) is 133 Å². The fraction of sp³-hybridized carbons (Fsp3) is 0.714. The molecule has 10 nitrogen and oxygen atoms in total. The van der Waals surface area contributed by atoms with Crippen LogP contribution in [0.25, 0.3) is 0 Å². The number of unbranched alkanes of at least 4 members (excludes halogenated alkanes) is 2. The number of carbonyl (C=O) groups is 4. The quantitative estimate of drug-likeness (QED) is 0.136. The first-order chi connectivity index (χ1) is 21.4. The third-order valence-corrected chi connectivity index (χ3v) is 7.40. The van der Waals surface area contributed by atoms with E-state index in [2.05, 4.69) is 56.5 Å². The molecule has 0 saturated carbocycles. The number of nitrogens with zero attached hydrogens (tertiary/aromatic N) is 3. The lowest BCUT2D eigenvalue weighted by molar-refractivity contribution is -0.133. The first-order valence-electron chi connectivity index (χ1n) is 16.8. The Bertz CT molecular complexity index is 1100. The van der Waals surface area contributed by atoms with Crippen LogP contribution in [0.3, 0.4) is 0 Å². The number of amides is 3. The molecule has 0 fully saturated rings. The van der Waals surface area contributed by atoms with Crippen LogP contribution in [0.15, 0.2) is 12.4 Å². The Morgan fingerprint density at radius 2 is 1.49 bits per heavy atom. The van der Waals surface area contributed by atoms with E-state index in [4.69, 9.17) is 0 Å². The highest BCUT2D eigenvalue weighted by atomic mass is 16.2. The van der Waals surface area contributed by atoms with Crippen molar-refractivity contribution < 1.29 is 19.2 Å². The molecule has 0 unspecified atom stereocenters. The number of ketones is 1. The van der Waals surface area contributed by atoms with Crippen LogP contribution < -0.4 is 16.0 Å². The van der Waals surface area contributed by atoms with Crippen molar-refractivity contribution in [1.29, 1.82) is 0 Å². The Morgan fingerprint density at radius 1 is 0.844 bits per heavy atom. The third kappa shape index (κ3) is 16.5. The van der Waals surface area contributed by atoms with Gasteiger partial charge in [0.25, 0.3) is 0 Å². The van der Waals surface area contributed by atoms with Gasteiger partial charge in [-0.25, -0.2) is 9.97 Å². The second-order valence-corrected chi connectivity index (χ2v) is 12.7. The molecular weight excluding hydrogens is 568 g/mol. The van der Waals surface area contributed by atoms with Crippen molar-refractivity contribution in [3.8, 4) is 11.8 Å². The molecule has 0 aromatic carbocycles. The van der Waals surface area contributed by atoms with Gasteiger partial charge in [-0.1, -0.05) is 67.2 Å². The molecule has 2 atom stereocenters. The number of carbonyl (C=O) groups excluding carboxylic acids is 4. The predicted octanol–water partition coefficient (Wildman–Crippen LogP) is 4.38. The van der Waals surface area contributed by atoms with Crippen molar-refractivity contribution in [2.45, 2.75) is 125 Å². The average molecular weight is 627 g/mol. The molecule has 1 aromatic rings. The average Bonchev–Trinajstić information content (AvgIpc) is 2.99. The first-order valence-corrected chi connectivity index (χ1v) is 16.8. The van der Waals surface area contributed by atoms with Crippen LogP contribution in [0.4, 0.5) is 0 Å². The van der Waals surface area contributed by atoms with Crippen molar-refractivity contribution in [2.75, 3.05) is 26.2 Å². The molecule has 3 N–H and O–H groups in total. The summed E-state index contributed by atoms with van der Waals surface area (Å²) in [6.45, 7) is 18.6. The highest BCUT2D eigenvalue weighted by molar-refractivity contribution is 5.94. The maximum Gasteiger partial charge on any atom is 0.243 e. The van der Waals surface area contributed by atoms with Crippen molar-refractivity contribution in [3.05, 3.63) is 23.8 Å². The minimum Gasteiger partial charge on any atom is -0.347 e. The summed E-state index contributed by atoms with van der Waals surface area (Å²) >= 11 is 0. The lowest BCUT2D eigenvalue weighted by Gasteiger charge is -2.26. The molecule has 1 rings (SSSR count). The molecule has 0 aliphatic heterocycles. The zero-order chi connectivity index (χ0) is 33.8. The number of hydrogen-bond acceptors (Lipinski definition) is 7. The first kappa shape index (κ1) is 39.7. The predicted molar refractivity (Wildman–Crippen MR) is 179 cm³/mol. The van der Waals surface area contributed by atoms with Crippen LogP contribution in [0.1, 0.15) is 124 Å². The van der Waals surface area contributed by atoms with E-state index in [1.807, 2.05) is 27.7 Å². The molecule has 1 aromatic heterocycles. The SMILES string of the molecule is CCCN(CCC)CCCC[C@H](NC(=O)[C@@H](NC(=O)CCCC#Cc1cnc(C(C)C)nc1)C(C)C)C(=O)NCC(=O)C(C)C. The van der Waals surface area contributed by atoms with E-state index in [1.165, 1.54) is 0 Å². The van der Waals surface area contributed by atoms with Crippen LogP contribution in [-0.2, 0) is 19.2 Å². The van der Waals surface area contributed by atoms with E-state index >= 15 is 0 Å². The molecule has 0 aliphatic carbocycles. The van der Waals surface area contributed by atoms with E-state index in [1.54, 1.807) is 26.2 Å². The number of Topliss-reactive ketones (excluding diaryl/α,β-unsaturated/α-hetero) is 1. The van der Waals surface area contributed by atoms with Gasteiger partial charge in [-0.2, -0.15) is 0 Å². The summed E-state index contributed by atoms with van der Waals surface area (Å²) in [5.41, 5.74) is 0.729. The summed E-state index contributed by atoms with van der Waals surface area (Å²) in [5, 5.41) is 8.43. The molecule has 0 saturated heterocycles. The zero-order valence-corrected chi connectivity index (χ0v) is 29.0. The van der Waals surface area contributed by atoms with E-state index in [-0.39, 0.29) is 48.3 Å². The van der Waals surface area contributed by atoms with Crippen LogP contribution in [0.2, 0.25) is 0 Å². The van der Waals surface area contributed by atoms with Gasteiger partial charge in [-0.05, 0) is 64.1 Å². The van der Waals surface area contributed by atoms with E-state index in [0.717, 1.165) is 56.7 Å². The molecule has 0 spiro atoms. The third-order valence-electron chi connectivity index (χ3n) is 7.40. The van der Waals surface area contributed by atoms with Gasteiger partial charge in [-0.15, -0.1) is 0 Å². The van der Waals surface area contributed by atoms with Gasteiger partial charge in [0.1, 0.15) is 17.9 Å². The summed E-state index contributed by atoms with van der Waals surface area (Å²) < 4.78 is 0. The van der Waals surface area contributed by atoms with Gasteiger partial charge >= 0.3 is 0 Å². The maximum atomic E-state index is 13.4. The smallest absolute Gasteiger partial charge is 0.243 e. The maximum absolute atomic E-state index is 13.4. The highest BCUT2D eigenvalue weighted by Gasteiger charge is 2.29. The molecule has 45 heavy (non-hydrogen) atoms. The van der Waals surface area contributed by atoms with Gasteiger partial charge in [0.2, 0.25) is 17.7 Å². The van der Waals surface area contributed by atoms with Crippen LogP contribution in [-0.4, -0.2) is 76.6 Å². The van der Waals surface area contributed by atoms with Gasteiger partial charge in [0, 0.05) is 37.1 Å². The number of aromatic nitrogens is 2. The lowest BCUT2D eigenvalue weighted by Crippen LogP contribution is -2.55. The monoisotopic (exact) mass is 626 g/mol. The summed E-state index contributed by atoms with van der Waals surface area (Å²) in [7, 11) is 0. The lowest BCUT2D eigenvalue weighted by atomic mass is 10.0. The van der Waals surface area contributed by atoms with Gasteiger partial charge in [0.05, 0.1) is 12.1 Å². The van der Waals surface area contributed by atoms with Gasteiger partial charge in [-0.3, -0.25) is 19.2 Å². The zero-order valence-electron chi connectivity index (χ0n) is 29.0. The van der Waals surface area contributed by atoms with Crippen LogP contribution >= 0.6 is 0 Å². The molecular formula is C35H58N6O4. The minimum atomic E-state index is -0.796. The van der Waals surface area contributed by atoms with Crippen molar-refractivity contribution in [2.24, 2.45) is 11.8 Å². The van der Waals surface area contributed by atoms with Crippen LogP contribution in [0.5, 0.6) is 0 Å². The van der Waals surface area contributed by atoms with Crippen molar-refractivity contribution in [1.82, 2.24) is 30.8 Å². The fourth-order valence-electron chi connectivity index (χ4n) is 4.67. The number of hydrogen-bond donors (Lipinski definition) is 3. The van der Waals surface area contributed by atoms with E-state index in [9.17, 15) is 19.2 Å². The second kappa shape index (κ2) is 22.2. The summed E-state index contributed by atoms with van der Waals surface area (Å²) in [4.78, 5) is 62.4. The normalized spacial score (nSPS) is 12.5. The summed E-state index contributed by atoms with van der Waals surface area (Å²) in [5.74, 6) is 5.62. The number of nitrogens with one attached hydrogen (secondary N) is 3. The Kier molecular flexibility index (Phi) is 19.6. The standard InChI is InChI=1S/C35H58N6O4/c1-9-19-41(20-10-2)21-15-14-17-29(34(44)38-24-30(42)25(3)4)39-35(45)32(26(5)6)40-31(43)18-13-11-12-16-28-22-36-33(27(7)8)37-23-28/h22-23,25-27,29,32H,9-11,13-15,17-21,24H2,1-8H3,(H,38,44)(H,39,45)(H,40,43)/t29-,32-/m0/s1. The Labute approximate surface area is 271 Å². The Balaban J connectivity index is 2.75. The summed E-state index contributed by atoms with van der Waals surface area (Å²) in [6.07, 6.45) is 8.95. The van der Waals surface area contributed by atoms with Gasteiger partial charge < -0.3 is 20.9 Å². The fourth-order valence-corrected chi connectivity index (χ4v) is 4.67. The summed E-state index contributed by atoms with van der Waals surface area (Å²) in [6, 6.07) is -1.59. The molecule has 3 amide bonds. The Morgan fingerprint density at radius 3 is 2.04 bits per heavy atom. The molecule has 1 heterocycles. The van der Waals surface area contributed by atoms with Gasteiger partial charge in [0.15, 0.2) is 5.78 Å². The van der Waals surface area contributed by atoms with Crippen molar-refractivity contribution >= 4 is 23.5 Å². The minimum absolute atomic E-state index is 0.0717. The van der Waals surface area contributed by atoms with E-state index < -0.39 is 18.0 Å². The molecule has 10 heteroatoms. The molecule has 252 valence electrons. The molecule has 0 bridgehead atoms. The van der Waals surface area contributed by atoms with Crippen molar-refractivity contribution in [3.63, 3.8) is 0 Å². The second-order valence-electron chi connectivity index (χ2n) is 12.7. The Hall–Kier alpha value is -3.32. The van der Waals surface area contributed by atoms with E-state index in [0.29, 0.717) is 19.3 Å². The molecule has 0 aliphatic rings.